The molecule has 6 heteroatoms. The Labute approximate surface area is 176 Å². The number of benzene rings is 2. The maximum absolute atomic E-state index is 12.4. The fourth-order valence-electron chi connectivity index (χ4n) is 3.88. The normalized spacial score (nSPS) is 16.3. The summed E-state index contributed by atoms with van der Waals surface area (Å²) in [6, 6.07) is 17.2. The second-order valence-electron chi connectivity index (χ2n) is 7.73. The van der Waals surface area contributed by atoms with Crippen LogP contribution in [0.3, 0.4) is 0 Å². The summed E-state index contributed by atoms with van der Waals surface area (Å²) in [5.74, 6) is 2.59. The summed E-state index contributed by atoms with van der Waals surface area (Å²) in [5.41, 5.74) is 1.39. The summed E-state index contributed by atoms with van der Waals surface area (Å²) >= 11 is 0. The summed E-state index contributed by atoms with van der Waals surface area (Å²) in [5, 5.41) is 3.82. The van der Waals surface area contributed by atoms with Crippen molar-refractivity contribution in [3.63, 3.8) is 0 Å². The number of pyridine rings is 1. The molecule has 0 spiro atoms. The lowest BCUT2D eigenvalue weighted by molar-refractivity contribution is -0.118. The van der Waals surface area contributed by atoms with Crippen LogP contribution >= 0.6 is 0 Å². The molecule has 3 aromatic rings. The van der Waals surface area contributed by atoms with Crippen LogP contribution in [0.4, 0.5) is 11.5 Å². The smallest absolute Gasteiger partial charge is 0.262 e. The summed E-state index contributed by atoms with van der Waals surface area (Å²) in [7, 11) is 1.57. The first-order valence-electron chi connectivity index (χ1n) is 10.3. The Balaban J connectivity index is 1.49. The Morgan fingerprint density at radius 3 is 2.80 bits per heavy atom. The zero-order valence-electron chi connectivity index (χ0n) is 17.4. The third-order valence-corrected chi connectivity index (χ3v) is 5.39. The van der Waals surface area contributed by atoms with Gasteiger partial charge in [0.25, 0.3) is 5.91 Å². The highest BCUT2D eigenvalue weighted by Gasteiger charge is 2.18. The van der Waals surface area contributed by atoms with Crippen molar-refractivity contribution in [2.24, 2.45) is 5.92 Å². The maximum atomic E-state index is 12.4. The van der Waals surface area contributed by atoms with Gasteiger partial charge in [-0.05, 0) is 49.1 Å². The number of rotatable bonds is 6. The topological polar surface area (TPSA) is 63.7 Å². The van der Waals surface area contributed by atoms with E-state index in [4.69, 9.17) is 14.5 Å². The van der Waals surface area contributed by atoms with Gasteiger partial charge in [-0.15, -0.1) is 0 Å². The maximum Gasteiger partial charge on any atom is 0.262 e. The van der Waals surface area contributed by atoms with E-state index in [9.17, 15) is 4.79 Å². The van der Waals surface area contributed by atoms with E-state index in [0.29, 0.717) is 23.1 Å². The second-order valence-corrected chi connectivity index (χ2v) is 7.73. The first-order chi connectivity index (χ1) is 14.6. The number of anilines is 2. The minimum atomic E-state index is -0.252. The molecule has 156 valence electrons. The van der Waals surface area contributed by atoms with E-state index in [1.165, 1.54) is 12.8 Å². The number of nitrogens with zero attached hydrogens (tertiary/aromatic N) is 2. The third-order valence-electron chi connectivity index (χ3n) is 5.39. The SMILES string of the molecule is COc1ccccc1NC(=O)COc1cccc2ccc(N3CCC[C@@H](C)C3)nc12. The molecule has 1 atom stereocenters. The zero-order valence-corrected chi connectivity index (χ0v) is 17.4. The van der Waals surface area contributed by atoms with Crippen LogP contribution in [-0.2, 0) is 4.79 Å². The molecule has 0 saturated carbocycles. The summed E-state index contributed by atoms with van der Waals surface area (Å²) in [6.45, 7) is 4.21. The first kappa shape index (κ1) is 20.0. The number of hydrogen-bond acceptors (Lipinski definition) is 5. The van der Waals surface area contributed by atoms with Gasteiger partial charge in [0.1, 0.15) is 22.8 Å². The molecule has 1 amide bonds. The van der Waals surface area contributed by atoms with E-state index in [2.05, 4.69) is 29.3 Å². The number of carbonyl (C=O) groups is 1. The quantitative estimate of drug-likeness (QED) is 0.654. The van der Waals surface area contributed by atoms with Crippen LogP contribution in [-0.4, -0.2) is 37.7 Å². The van der Waals surface area contributed by atoms with Crippen molar-refractivity contribution in [2.45, 2.75) is 19.8 Å². The van der Waals surface area contributed by atoms with Crippen LogP contribution in [0.1, 0.15) is 19.8 Å². The number of amides is 1. The summed E-state index contributed by atoms with van der Waals surface area (Å²) in [6.07, 6.45) is 2.45. The van der Waals surface area contributed by atoms with Crippen LogP contribution in [0.15, 0.2) is 54.6 Å². The van der Waals surface area contributed by atoms with Gasteiger partial charge >= 0.3 is 0 Å². The van der Waals surface area contributed by atoms with Crippen LogP contribution < -0.4 is 19.7 Å². The van der Waals surface area contributed by atoms with Crippen LogP contribution in [0.25, 0.3) is 10.9 Å². The molecule has 6 nitrogen and oxygen atoms in total. The monoisotopic (exact) mass is 405 g/mol. The second kappa shape index (κ2) is 9.03. The van der Waals surface area contributed by atoms with E-state index in [-0.39, 0.29) is 12.5 Å². The van der Waals surface area contributed by atoms with Gasteiger partial charge in [0.05, 0.1) is 12.8 Å². The Kier molecular flexibility index (Phi) is 6.02. The Morgan fingerprint density at radius 2 is 1.97 bits per heavy atom. The molecule has 1 N–H and O–H groups in total. The molecule has 30 heavy (non-hydrogen) atoms. The van der Waals surface area contributed by atoms with Crippen molar-refractivity contribution in [3.8, 4) is 11.5 Å². The lowest BCUT2D eigenvalue weighted by Gasteiger charge is -2.32. The van der Waals surface area contributed by atoms with E-state index in [1.807, 2.05) is 30.3 Å². The highest BCUT2D eigenvalue weighted by atomic mass is 16.5. The number of hydrogen-bond donors (Lipinski definition) is 1. The van der Waals surface area contributed by atoms with Crippen LogP contribution in [0, 0.1) is 5.92 Å². The Morgan fingerprint density at radius 1 is 1.13 bits per heavy atom. The average molecular weight is 405 g/mol. The molecule has 1 aromatic heterocycles. The van der Waals surface area contributed by atoms with Gasteiger partial charge in [0, 0.05) is 18.5 Å². The number of piperidine rings is 1. The first-order valence-corrected chi connectivity index (χ1v) is 10.3. The molecule has 0 radical (unpaired) electrons. The molecule has 1 aliphatic heterocycles. The predicted molar refractivity (Wildman–Crippen MR) is 119 cm³/mol. The van der Waals surface area contributed by atoms with E-state index < -0.39 is 0 Å². The predicted octanol–water partition coefficient (Wildman–Crippen LogP) is 4.50. The van der Waals surface area contributed by atoms with Gasteiger partial charge < -0.3 is 19.7 Å². The van der Waals surface area contributed by atoms with E-state index in [0.717, 1.165) is 29.8 Å². The lowest BCUT2D eigenvalue weighted by Crippen LogP contribution is -2.34. The third kappa shape index (κ3) is 4.48. The molecule has 2 aromatic carbocycles. The molecule has 0 unspecified atom stereocenters. The Bertz CT molecular complexity index is 1040. The molecule has 0 bridgehead atoms. The van der Waals surface area contributed by atoms with Gasteiger partial charge in [-0.2, -0.15) is 0 Å². The van der Waals surface area contributed by atoms with Crippen LogP contribution in [0.2, 0.25) is 0 Å². The number of aromatic nitrogens is 1. The molecule has 1 saturated heterocycles. The largest absolute Gasteiger partial charge is 0.495 e. The number of methoxy groups -OCH3 is 1. The number of ether oxygens (including phenoxy) is 2. The molecular weight excluding hydrogens is 378 g/mol. The molecular formula is C24H27N3O3. The number of carbonyl (C=O) groups excluding carboxylic acids is 1. The van der Waals surface area contributed by atoms with Gasteiger partial charge in [-0.3, -0.25) is 4.79 Å². The lowest BCUT2D eigenvalue weighted by atomic mass is 10.0. The van der Waals surface area contributed by atoms with Gasteiger partial charge in [-0.1, -0.05) is 31.2 Å². The standard InChI is InChI=1S/C24H27N3O3/c1-17-7-6-14-27(15-17)22-13-12-18-8-5-11-21(24(18)26-22)30-16-23(28)25-19-9-3-4-10-20(19)29-2/h3-5,8-13,17H,6-7,14-16H2,1-2H3,(H,25,28)/t17-/m1/s1. The zero-order chi connectivity index (χ0) is 20.9. The molecule has 2 heterocycles. The fourth-order valence-corrected chi connectivity index (χ4v) is 3.88. The van der Waals surface area contributed by atoms with Crippen molar-refractivity contribution in [1.82, 2.24) is 4.98 Å². The van der Waals surface area contributed by atoms with Gasteiger partial charge in [-0.25, -0.2) is 4.98 Å². The minimum absolute atomic E-state index is 0.107. The molecule has 1 aliphatic rings. The summed E-state index contributed by atoms with van der Waals surface area (Å²) in [4.78, 5) is 19.6. The number of para-hydroxylation sites is 3. The summed E-state index contributed by atoms with van der Waals surface area (Å²) < 4.78 is 11.1. The van der Waals surface area contributed by atoms with Gasteiger partial charge in [0.15, 0.2) is 6.61 Å². The van der Waals surface area contributed by atoms with Crippen molar-refractivity contribution < 1.29 is 14.3 Å². The average Bonchev–Trinajstić information content (AvgIpc) is 2.77. The Hall–Kier alpha value is -3.28. The van der Waals surface area contributed by atoms with Gasteiger partial charge in [0.2, 0.25) is 0 Å². The van der Waals surface area contributed by atoms with E-state index >= 15 is 0 Å². The molecule has 4 rings (SSSR count). The van der Waals surface area contributed by atoms with Crippen molar-refractivity contribution in [3.05, 3.63) is 54.6 Å². The number of fused-ring (bicyclic) bond motifs is 1. The van der Waals surface area contributed by atoms with Crippen molar-refractivity contribution in [2.75, 3.05) is 37.0 Å². The highest BCUT2D eigenvalue weighted by molar-refractivity contribution is 5.94. The highest BCUT2D eigenvalue weighted by Crippen LogP contribution is 2.29. The van der Waals surface area contributed by atoms with Crippen molar-refractivity contribution >= 4 is 28.3 Å². The molecule has 0 aliphatic carbocycles. The van der Waals surface area contributed by atoms with Crippen LogP contribution in [0.5, 0.6) is 11.5 Å². The molecule has 1 fully saturated rings. The fraction of sp³-hybridized carbons (Fsp3) is 0.333. The van der Waals surface area contributed by atoms with Crippen molar-refractivity contribution in [1.29, 1.82) is 0 Å². The minimum Gasteiger partial charge on any atom is -0.495 e. The van der Waals surface area contributed by atoms with E-state index in [1.54, 1.807) is 19.2 Å². The number of nitrogens with one attached hydrogen (secondary N) is 1.